The minimum absolute atomic E-state index is 0.176. The summed E-state index contributed by atoms with van der Waals surface area (Å²) < 4.78 is 5.31. The van der Waals surface area contributed by atoms with E-state index in [0.29, 0.717) is 33.6 Å². The second-order valence-corrected chi connectivity index (χ2v) is 5.43. The quantitative estimate of drug-likeness (QED) is 0.765. The Morgan fingerprint density at radius 3 is 2.44 bits per heavy atom. The van der Waals surface area contributed by atoms with Gasteiger partial charge in [-0.15, -0.1) is 0 Å². The van der Waals surface area contributed by atoms with Crippen LogP contribution >= 0.6 is 0 Å². The number of hydrogen-bond acceptors (Lipinski definition) is 4. The summed E-state index contributed by atoms with van der Waals surface area (Å²) in [5.74, 6) is -0.0880. The molecule has 0 saturated heterocycles. The van der Waals surface area contributed by atoms with Crippen molar-refractivity contribution in [1.82, 2.24) is 4.98 Å². The number of aromatic nitrogens is 1. The fourth-order valence-corrected chi connectivity index (χ4v) is 2.58. The van der Waals surface area contributed by atoms with Crippen molar-refractivity contribution in [2.45, 2.75) is 6.92 Å². The summed E-state index contributed by atoms with van der Waals surface area (Å²) in [6, 6.07) is 14.3. The highest BCUT2D eigenvalue weighted by Crippen LogP contribution is 2.27. The smallest absolute Gasteiger partial charge is 0.260 e. The van der Waals surface area contributed by atoms with Gasteiger partial charge in [0.25, 0.3) is 5.91 Å². The molecular formula is C19H17N3O3. The van der Waals surface area contributed by atoms with Crippen LogP contribution in [0.3, 0.4) is 0 Å². The molecule has 3 aromatic rings. The summed E-state index contributed by atoms with van der Waals surface area (Å²) in [6.07, 6.45) is 1.53. The van der Waals surface area contributed by atoms with E-state index < -0.39 is 0 Å². The maximum Gasteiger partial charge on any atom is 0.260 e. The van der Waals surface area contributed by atoms with Gasteiger partial charge in [-0.25, -0.2) is 0 Å². The van der Waals surface area contributed by atoms with Gasteiger partial charge in [-0.1, -0.05) is 24.3 Å². The number of para-hydroxylation sites is 1. The van der Waals surface area contributed by atoms with Crippen LogP contribution in [-0.2, 0) is 4.79 Å². The van der Waals surface area contributed by atoms with Crippen molar-refractivity contribution in [3.05, 3.63) is 60.3 Å². The molecule has 2 aromatic carbocycles. The summed E-state index contributed by atoms with van der Waals surface area (Å²) >= 11 is 0. The molecule has 0 aliphatic rings. The zero-order chi connectivity index (χ0) is 17.8. The van der Waals surface area contributed by atoms with Crippen LogP contribution in [0.25, 0.3) is 10.9 Å². The van der Waals surface area contributed by atoms with Gasteiger partial charge in [0.15, 0.2) is 5.75 Å². The molecule has 0 saturated carbocycles. The lowest BCUT2D eigenvalue weighted by molar-refractivity contribution is -0.114. The number of anilines is 2. The SMILES string of the molecule is COc1cnc2ccccc2c1C(=O)Nc1cccc(NC(C)=O)c1. The van der Waals surface area contributed by atoms with Crippen LogP contribution in [-0.4, -0.2) is 23.9 Å². The third-order valence-corrected chi connectivity index (χ3v) is 3.63. The Balaban J connectivity index is 1.96. The molecule has 1 aromatic heterocycles. The van der Waals surface area contributed by atoms with Crippen molar-refractivity contribution >= 4 is 34.1 Å². The first-order valence-electron chi connectivity index (χ1n) is 7.69. The number of hydrogen-bond donors (Lipinski definition) is 2. The summed E-state index contributed by atoms with van der Waals surface area (Å²) in [7, 11) is 1.50. The third-order valence-electron chi connectivity index (χ3n) is 3.63. The van der Waals surface area contributed by atoms with E-state index in [9.17, 15) is 9.59 Å². The lowest BCUT2D eigenvalue weighted by Crippen LogP contribution is -2.14. The van der Waals surface area contributed by atoms with Crippen LogP contribution < -0.4 is 15.4 Å². The van der Waals surface area contributed by atoms with Gasteiger partial charge in [0.1, 0.15) is 0 Å². The number of carbonyl (C=O) groups excluding carboxylic acids is 2. The van der Waals surface area contributed by atoms with Crippen molar-refractivity contribution in [2.75, 3.05) is 17.7 Å². The van der Waals surface area contributed by atoms with Crippen LogP contribution in [0.4, 0.5) is 11.4 Å². The molecule has 0 radical (unpaired) electrons. The third kappa shape index (κ3) is 3.58. The maximum atomic E-state index is 12.8. The number of benzene rings is 2. The van der Waals surface area contributed by atoms with Crippen molar-refractivity contribution in [3.8, 4) is 5.75 Å². The first kappa shape index (κ1) is 16.4. The van der Waals surface area contributed by atoms with E-state index in [1.54, 1.807) is 24.3 Å². The molecule has 0 fully saturated rings. The van der Waals surface area contributed by atoms with E-state index in [0.717, 1.165) is 0 Å². The topological polar surface area (TPSA) is 80.3 Å². The highest BCUT2D eigenvalue weighted by atomic mass is 16.5. The van der Waals surface area contributed by atoms with Crippen molar-refractivity contribution in [1.29, 1.82) is 0 Å². The average molecular weight is 335 g/mol. The first-order chi connectivity index (χ1) is 12.1. The molecule has 126 valence electrons. The minimum Gasteiger partial charge on any atom is -0.494 e. The Hall–Kier alpha value is -3.41. The van der Waals surface area contributed by atoms with E-state index in [-0.39, 0.29) is 11.8 Å². The fourth-order valence-electron chi connectivity index (χ4n) is 2.58. The molecule has 0 bridgehead atoms. The molecule has 2 amide bonds. The molecule has 3 rings (SSSR count). The Kier molecular flexibility index (Phi) is 4.61. The fraction of sp³-hybridized carbons (Fsp3) is 0.105. The Morgan fingerprint density at radius 2 is 1.72 bits per heavy atom. The number of rotatable bonds is 4. The van der Waals surface area contributed by atoms with Crippen LogP contribution in [0.1, 0.15) is 17.3 Å². The standard InChI is InChI=1S/C19H17N3O3/c1-12(23)21-13-6-5-7-14(10-13)22-19(24)18-15-8-3-4-9-16(15)20-11-17(18)25-2/h3-11H,1-2H3,(H,21,23)(H,22,24). The normalized spacial score (nSPS) is 10.3. The van der Waals surface area contributed by atoms with E-state index in [2.05, 4.69) is 15.6 Å². The molecular weight excluding hydrogens is 318 g/mol. The highest BCUT2D eigenvalue weighted by molar-refractivity contribution is 6.14. The summed E-state index contributed by atoms with van der Waals surface area (Å²) in [5, 5.41) is 6.23. The monoisotopic (exact) mass is 335 g/mol. The van der Waals surface area contributed by atoms with Gasteiger partial charge in [-0.3, -0.25) is 14.6 Å². The molecule has 0 atom stereocenters. The molecule has 0 aliphatic heterocycles. The molecule has 0 aliphatic carbocycles. The zero-order valence-electron chi connectivity index (χ0n) is 13.9. The van der Waals surface area contributed by atoms with Crippen LogP contribution in [0.15, 0.2) is 54.7 Å². The number of amides is 2. The lowest BCUT2D eigenvalue weighted by atomic mass is 10.1. The van der Waals surface area contributed by atoms with Crippen molar-refractivity contribution < 1.29 is 14.3 Å². The molecule has 2 N–H and O–H groups in total. The highest BCUT2D eigenvalue weighted by Gasteiger charge is 2.17. The Bertz CT molecular complexity index is 954. The second-order valence-electron chi connectivity index (χ2n) is 5.43. The van der Waals surface area contributed by atoms with E-state index >= 15 is 0 Å². The summed E-state index contributed by atoms with van der Waals surface area (Å²) in [5.41, 5.74) is 2.30. The summed E-state index contributed by atoms with van der Waals surface area (Å²) in [6.45, 7) is 1.43. The number of fused-ring (bicyclic) bond motifs is 1. The molecule has 0 unspecified atom stereocenters. The van der Waals surface area contributed by atoms with Gasteiger partial charge in [-0.2, -0.15) is 0 Å². The first-order valence-corrected chi connectivity index (χ1v) is 7.69. The van der Waals surface area contributed by atoms with E-state index in [1.807, 2.05) is 24.3 Å². The van der Waals surface area contributed by atoms with Crippen LogP contribution in [0.5, 0.6) is 5.75 Å². The van der Waals surface area contributed by atoms with Gasteiger partial charge in [0, 0.05) is 23.7 Å². The van der Waals surface area contributed by atoms with Crippen LogP contribution in [0.2, 0.25) is 0 Å². The number of nitrogens with zero attached hydrogens (tertiary/aromatic N) is 1. The predicted octanol–water partition coefficient (Wildman–Crippen LogP) is 3.45. The van der Waals surface area contributed by atoms with Gasteiger partial charge in [0.05, 0.1) is 24.4 Å². The Labute approximate surface area is 144 Å². The van der Waals surface area contributed by atoms with Crippen molar-refractivity contribution in [2.24, 2.45) is 0 Å². The average Bonchev–Trinajstić information content (AvgIpc) is 2.60. The van der Waals surface area contributed by atoms with Gasteiger partial charge >= 0.3 is 0 Å². The number of methoxy groups -OCH3 is 1. The molecule has 6 heteroatoms. The van der Waals surface area contributed by atoms with E-state index in [1.165, 1.54) is 20.2 Å². The summed E-state index contributed by atoms with van der Waals surface area (Å²) in [4.78, 5) is 28.3. The Morgan fingerprint density at radius 1 is 1.00 bits per heavy atom. The number of carbonyl (C=O) groups is 2. The molecule has 25 heavy (non-hydrogen) atoms. The van der Waals surface area contributed by atoms with Gasteiger partial charge in [0.2, 0.25) is 5.91 Å². The minimum atomic E-state index is -0.310. The lowest BCUT2D eigenvalue weighted by Gasteiger charge is -2.12. The number of nitrogens with one attached hydrogen (secondary N) is 2. The van der Waals surface area contributed by atoms with Crippen molar-refractivity contribution in [3.63, 3.8) is 0 Å². The molecule has 1 heterocycles. The molecule has 0 spiro atoms. The van der Waals surface area contributed by atoms with E-state index in [4.69, 9.17) is 4.74 Å². The molecule has 6 nitrogen and oxygen atoms in total. The largest absolute Gasteiger partial charge is 0.494 e. The number of pyridine rings is 1. The van der Waals surface area contributed by atoms with Gasteiger partial charge < -0.3 is 15.4 Å². The number of ether oxygens (including phenoxy) is 1. The van der Waals surface area contributed by atoms with Crippen LogP contribution in [0, 0.1) is 0 Å². The predicted molar refractivity (Wildman–Crippen MR) is 97.0 cm³/mol. The maximum absolute atomic E-state index is 12.8. The zero-order valence-corrected chi connectivity index (χ0v) is 13.9. The van der Waals surface area contributed by atoms with Gasteiger partial charge in [-0.05, 0) is 24.3 Å². The second kappa shape index (κ2) is 7.00.